The molecule has 6 nitrogen and oxygen atoms in total. The number of hydrogen-bond acceptors (Lipinski definition) is 6. The smallest absolute Gasteiger partial charge is 0.149 e. The number of nitriles is 2. The summed E-state index contributed by atoms with van der Waals surface area (Å²) in [6.45, 7) is 6.24. The molecule has 0 N–H and O–H groups in total. The van der Waals surface area contributed by atoms with Gasteiger partial charge in [0.1, 0.15) is 57.9 Å². The van der Waals surface area contributed by atoms with Gasteiger partial charge in [-0.1, -0.05) is 80.6 Å². The first-order valence-corrected chi connectivity index (χ1v) is 15.8. The molecular formula is C43H34N2O4. The largest absolute Gasteiger partial charge is 0.497 e. The summed E-state index contributed by atoms with van der Waals surface area (Å²) in [6, 6.07) is 46.7. The fourth-order valence-electron chi connectivity index (χ4n) is 5.59. The Morgan fingerprint density at radius 3 is 1.24 bits per heavy atom. The van der Waals surface area contributed by atoms with Gasteiger partial charge in [0.2, 0.25) is 0 Å². The van der Waals surface area contributed by atoms with Crippen molar-refractivity contribution in [3.8, 4) is 63.5 Å². The molecule has 0 aromatic heterocycles. The van der Waals surface area contributed by atoms with E-state index in [-0.39, 0.29) is 5.41 Å². The molecule has 0 saturated heterocycles. The number of nitrogens with zero attached hydrogens (tertiary/aromatic N) is 2. The maximum absolute atomic E-state index is 10.1. The summed E-state index contributed by atoms with van der Waals surface area (Å²) >= 11 is 0. The zero-order valence-electron chi connectivity index (χ0n) is 27.7. The quantitative estimate of drug-likeness (QED) is 0.148. The van der Waals surface area contributed by atoms with Crippen molar-refractivity contribution in [1.82, 2.24) is 0 Å². The molecule has 240 valence electrons. The van der Waals surface area contributed by atoms with Crippen LogP contribution in [0.4, 0.5) is 0 Å². The lowest BCUT2D eigenvalue weighted by Crippen LogP contribution is -2.18. The maximum Gasteiger partial charge on any atom is 0.149 e. The Bertz CT molecular complexity index is 2160. The van der Waals surface area contributed by atoms with Crippen LogP contribution < -0.4 is 18.9 Å². The summed E-state index contributed by atoms with van der Waals surface area (Å²) in [5.74, 6) is 4.02. The van der Waals surface area contributed by atoms with Gasteiger partial charge in [0, 0.05) is 5.41 Å². The van der Waals surface area contributed by atoms with Crippen molar-refractivity contribution in [3.05, 3.63) is 161 Å². The summed E-state index contributed by atoms with van der Waals surface area (Å²) in [6.07, 6.45) is 0. The molecule has 0 aliphatic heterocycles. The van der Waals surface area contributed by atoms with Crippen LogP contribution in [0.2, 0.25) is 0 Å². The fourth-order valence-corrected chi connectivity index (χ4v) is 5.59. The molecule has 0 unspecified atom stereocenters. The van der Waals surface area contributed by atoms with Crippen LogP contribution in [-0.2, 0) is 5.41 Å². The highest BCUT2D eigenvalue weighted by atomic mass is 16.5. The Morgan fingerprint density at radius 1 is 0.469 bits per heavy atom. The van der Waals surface area contributed by atoms with Crippen LogP contribution in [0.5, 0.6) is 40.2 Å². The SMILES string of the molecule is COc1ccc(C(C)(C)c2ccc(Oc3cccc(Oc4ccc(-c5ccc(Oc6cccc(C)c6C#N)cc5)cc4)c3C#N)cc2)cc1. The number of rotatable bonds is 10. The molecule has 0 spiro atoms. The number of hydrogen-bond donors (Lipinski definition) is 0. The number of aryl methyl sites for hydroxylation is 1. The first kappa shape index (κ1) is 32.4. The second kappa shape index (κ2) is 14.1. The van der Waals surface area contributed by atoms with E-state index in [1.54, 1.807) is 31.4 Å². The first-order valence-electron chi connectivity index (χ1n) is 15.8. The highest BCUT2D eigenvalue weighted by Gasteiger charge is 2.23. The summed E-state index contributed by atoms with van der Waals surface area (Å²) in [4.78, 5) is 0. The minimum atomic E-state index is -0.228. The van der Waals surface area contributed by atoms with Crippen LogP contribution >= 0.6 is 0 Å². The van der Waals surface area contributed by atoms with E-state index in [2.05, 4.69) is 38.1 Å². The standard InChI is InChI=1S/C43H34N2O4/c1-29-7-5-8-40(38(29)27-44)47-35-19-11-30(12-20-35)31-13-21-36(22-14-31)48-41-9-6-10-42(39(41)28-45)49-37-25-17-33(18-26-37)43(2,3)32-15-23-34(46-4)24-16-32/h5-26H,1-4H3. The normalized spacial score (nSPS) is 10.8. The van der Waals surface area contributed by atoms with E-state index in [0.29, 0.717) is 45.6 Å². The van der Waals surface area contributed by atoms with Gasteiger partial charge in [-0.05, 0) is 101 Å². The van der Waals surface area contributed by atoms with Crippen LogP contribution in [0, 0.1) is 29.6 Å². The van der Waals surface area contributed by atoms with Crippen molar-refractivity contribution in [3.63, 3.8) is 0 Å². The molecule has 0 saturated carbocycles. The third kappa shape index (κ3) is 7.10. The van der Waals surface area contributed by atoms with E-state index >= 15 is 0 Å². The molecular weight excluding hydrogens is 608 g/mol. The zero-order valence-corrected chi connectivity index (χ0v) is 27.7. The molecule has 0 radical (unpaired) electrons. The van der Waals surface area contributed by atoms with Gasteiger partial charge in [-0.3, -0.25) is 0 Å². The highest BCUT2D eigenvalue weighted by molar-refractivity contribution is 5.65. The topological polar surface area (TPSA) is 84.5 Å². The van der Waals surface area contributed by atoms with Gasteiger partial charge in [-0.25, -0.2) is 0 Å². The van der Waals surface area contributed by atoms with Gasteiger partial charge in [0.05, 0.1) is 12.7 Å². The lowest BCUT2D eigenvalue weighted by molar-refractivity contribution is 0.414. The van der Waals surface area contributed by atoms with Crippen LogP contribution in [0.25, 0.3) is 11.1 Å². The molecule has 6 aromatic rings. The minimum absolute atomic E-state index is 0.228. The van der Waals surface area contributed by atoms with Crippen molar-refractivity contribution in [2.75, 3.05) is 7.11 Å². The van der Waals surface area contributed by atoms with Crippen molar-refractivity contribution < 1.29 is 18.9 Å². The molecule has 0 bridgehead atoms. The molecule has 0 heterocycles. The van der Waals surface area contributed by atoms with Gasteiger partial charge >= 0.3 is 0 Å². The van der Waals surface area contributed by atoms with Gasteiger partial charge in [-0.15, -0.1) is 0 Å². The van der Waals surface area contributed by atoms with Crippen LogP contribution in [0.3, 0.4) is 0 Å². The molecule has 6 aromatic carbocycles. The Labute approximate surface area is 287 Å². The molecule has 0 aliphatic carbocycles. The van der Waals surface area contributed by atoms with Crippen molar-refractivity contribution in [2.24, 2.45) is 0 Å². The molecule has 0 aliphatic rings. The molecule has 0 amide bonds. The fraction of sp³-hybridized carbons (Fsp3) is 0.116. The monoisotopic (exact) mass is 642 g/mol. The molecule has 0 atom stereocenters. The van der Waals surface area contributed by atoms with Gasteiger partial charge in [0.15, 0.2) is 0 Å². The van der Waals surface area contributed by atoms with Gasteiger partial charge in [0.25, 0.3) is 0 Å². The van der Waals surface area contributed by atoms with Crippen LogP contribution in [-0.4, -0.2) is 7.11 Å². The highest BCUT2D eigenvalue weighted by Crippen LogP contribution is 2.37. The maximum atomic E-state index is 10.1. The molecule has 49 heavy (non-hydrogen) atoms. The summed E-state index contributed by atoms with van der Waals surface area (Å²) < 4.78 is 23.6. The first-order chi connectivity index (χ1) is 23.8. The van der Waals surface area contributed by atoms with E-state index in [0.717, 1.165) is 28.0 Å². The van der Waals surface area contributed by atoms with E-state index < -0.39 is 0 Å². The second-order valence-corrected chi connectivity index (χ2v) is 12.0. The Morgan fingerprint density at radius 2 is 0.837 bits per heavy atom. The van der Waals surface area contributed by atoms with Crippen molar-refractivity contribution in [1.29, 1.82) is 10.5 Å². The van der Waals surface area contributed by atoms with Crippen LogP contribution in [0.1, 0.15) is 41.7 Å². The van der Waals surface area contributed by atoms with Crippen molar-refractivity contribution >= 4 is 0 Å². The third-order valence-electron chi connectivity index (χ3n) is 8.56. The summed E-state index contributed by atoms with van der Waals surface area (Å²) in [7, 11) is 1.66. The van der Waals surface area contributed by atoms with E-state index in [1.165, 1.54) is 5.56 Å². The Balaban J connectivity index is 1.13. The lowest BCUT2D eigenvalue weighted by Gasteiger charge is -2.26. The third-order valence-corrected chi connectivity index (χ3v) is 8.56. The number of methoxy groups -OCH3 is 1. The van der Waals surface area contributed by atoms with E-state index in [9.17, 15) is 10.5 Å². The average Bonchev–Trinajstić information content (AvgIpc) is 3.13. The van der Waals surface area contributed by atoms with Crippen LogP contribution in [0.15, 0.2) is 133 Å². The summed E-state index contributed by atoms with van der Waals surface area (Å²) in [5.41, 5.74) is 5.76. The summed E-state index contributed by atoms with van der Waals surface area (Å²) in [5, 5.41) is 19.6. The molecule has 6 rings (SSSR count). The Hall–Kier alpha value is -6.50. The lowest BCUT2D eigenvalue weighted by atomic mass is 9.78. The average molecular weight is 643 g/mol. The minimum Gasteiger partial charge on any atom is -0.497 e. The predicted molar refractivity (Wildman–Crippen MR) is 191 cm³/mol. The van der Waals surface area contributed by atoms with Crippen molar-refractivity contribution in [2.45, 2.75) is 26.2 Å². The number of benzene rings is 6. The number of ether oxygens (including phenoxy) is 4. The second-order valence-electron chi connectivity index (χ2n) is 12.0. The predicted octanol–water partition coefficient (Wildman–Crippen LogP) is 11.1. The van der Waals surface area contributed by atoms with E-state index in [4.69, 9.17) is 18.9 Å². The van der Waals surface area contributed by atoms with Gasteiger partial charge < -0.3 is 18.9 Å². The molecule has 6 heteroatoms. The van der Waals surface area contributed by atoms with E-state index in [1.807, 2.05) is 104 Å². The van der Waals surface area contributed by atoms with Gasteiger partial charge in [-0.2, -0.15) is 10.5 Å². The zero-order chi connectivity index (χ0) is 34.4. The molecule has 0 fully saturated rings. The Kier molecular flexibility index (Phi) is 9.33.